The molecule has 0 aliphatic heterocycles. The summed E-state index contributed by atoms with van der Waals surface area (Å²) >= 11 is 11.7. The summed E-state index contributed by atoms with van der Waals surface area (Å²) in [6.07, 6.45) is 0. The number of benzene rings is 1. The minimum Gasteiger partial charge on any atom is -0.316 e. The van der Waals surface area contributed by atoms with Crippen LogP contribution in [0.15, 0.2) is 23.1 Å². The second-order valence-electron chi connectivity index (χ2n) is 3.59. The molecule has 8 heteroatoms. The van der Waals surface area contributed by atoms with Gasteiger partial charge in [-0.25, -0.2) is 13.1 Å². The monoisotopic (exact) mass is 332 g/mol. The van der Waals surface area contributed by atoms with Crippen molar-refractivity contribution in [2.75, 3.05) is 13.6 Å². The number of hydrogen-bond donors (Lipinski definition) is 2. The molecule has 4 nitrogen and oxygen atoms in total. The Labute approximate surface area is 124 Å². The third kappa shape index (κ3) is 4.57. The van der Waals surface area contributed by atoms with Gasteiger partial charge in [-0.05, 0) is 26.1 Å². The van der Waals surface area contributed by atoms with Crippen LogP contribution in [0.3, 0.4) is 0 Å². The van der Waals surface area contributed by atoms with Crippen LogP contribution < -0.4 is 10.0 Å². The number of likely N-dealkylation sites (N-methyl/N-ethyl adjacent to an activating group) is 1. The molecule has 1 aromatic carbocycles. The van der Waals surface area contributed by atoms with Crippen LogP contribution in [0.5, 0.6) is 0 Å². The molecular weight excluding hydrogens is 319 g/mol. The molecule has 1 rings (SSSR count). The third-order valence-corrected chi connectivity index (χ3v) is 4.64. The lowest BCUT2D eigenvalue weighted by molar-refractivity contribution is 0.554. The second-order valence-corrected chi connectivity index (χ2v) is 6.11. The standard InChI is InChI=1S/C10H14Cl2N2O2S.ClH/c1-7(13-2)6-14-17(15,16)10-8(11)4-3-5-9(10)12;/h3-5,7,13-14H,6H2,1-2H3;1H. The van der Waals surface area contributed by atoms with E-state index in [0.29, 0.717) is 0 Å². The van der Waals surface area contributed by atoms with E-state index in [9.17, 15) is 8.42 Å². The van der Waals surface area contributed by atoms with Gasteiger partial charge in [0.25, 0.3) is 0 Å². The van der Waals surface area contributed by atoms with Crippen LogP contribution in [-0.2, 0) is 10.0 Å². The molecule has 104 valence electrons. The molecule has 0 saturated carbocycles. The fraction of sp³-hybridized carbons (Fsp3) is 0.400. The third-order valence-electron chi connectivity index (χ3n) is 2.26. The van der Waals surface area contributed by atoms with E-state index in [4.69, 9.17) is 23.2 Å². The second kappa shape index (κ2) is 7.53. The van der Waals surface area contributed by atoms with Gasteiger partial charge < -0.3 is 5.32 Å². The van der Waals surface area contributed by atoms with Gasteiger partial charge in [0.1, 0.15) is 4.90 Å². The zero-order valence-corrected chi connectivity index (χ0v) is 13.1. The summed E-state index contributed by atoms with van der Waals surface area (Å²) in [6, 6.07) is 4.60. The molecule has 0 aromatic heterocycles. The van der Waals surface area contributed by atoms with Gasteiger partial charge in [0.2, 0.25) is 10.0 Å². The molecule has 0 radical (unpaired) electrons. The lowest BCUT2D eigenvalue weighted by Crippen LogP contribution is -2.37. The number of hydrogen-bond acceptors (Lipinski definition) is 3. The maximum absolute atomic E-state index is 12.0. The van der Waals surface area contributed by atoms with E-state index < -0.39 is 10.0 Å². The Morgan fingerprint density at radius 3 is 2.22 bits per heavy atom. The molecular formula is C10H15Cl3N2O2S. The molecule has 1 unspecified atom stereocenters. The van der Waals surface area contributed by atoms with Crippen molar-refractivity contribution >= 4 is 45.6 Å². The van der Waals surface area contributed by atoms with Crippen molar-refractivity contribution in [2.24, 2.45) is 0 Å². The highest BCUT2D eigenvalue weighted by atomic mass is 35.5. The zero-order chi connectivity index (χ0) is 13.1. The predicted octanol–water partition coefficient (Wildman–Crippen LogP) is 2.30. The van der Waals surface area contributed by atoms with Crippen molar-refractivity contribution in [3.8, 4) is 0 Å². The smallest absolute Gasteiger partial charge is 0.243 e. The Bertz CT molecular complexity index is 474. The highest BCUT2D eigenvalue weighted by molar-refractivity contribution is 7.89. The highest BCUT2D eigenvalue weighted by Gasteiger charge is 2.21. The van der Waals surface area contributed by atoms with Crippen LogP contribution in [0.1, 0.15) is 6.92 Å². The van der Waals surface area contributed by atoms with Gasteiger partial charge in [-0.1, -0.05) is 29.3 Å². The summed E-state index contributed by atoms with van der Waals surface area (Å²) in [6.45, 7) is 2.12. The van der Waals surface area contributed by atoms with Gasteiger partial charge >= 0.3 is 0 Å². The van der Waals surface area contributed by atoms with Gasteiger partial charge in [0.15, 0.2) is 0 Å². The molecule has 2 N–H and O–H groups in total. The molecule has 0 heterocycles. The Hall–Kier alpha value is -0.0400. The summed E-state index contributed by atoms with van der Waals surface area (Å²) in [4.78, 5) is -0.0772. The summed E-state index contributed by atoms with van der Waals surface area (Å²) < 4.78 is 26.4. The van der Waals surface area contributed by atoms with Crippen molar-refractivity contribution in [1.82, 2.24) is 10.0 Å². The molecule has 0 saturated heterocycles. The first-order valence-corrected chi connectivity index (χ1v) is 7.23. The normalized spacial score (nSPS) is 12.9. The molecule has 0 fully saturated rings. The van der Waals surface area contributed by atoms with E-state index in [2.05, 4.69) is 10.0 Å². The highest BCUT2D eigenvalue weighted by Crippen LogP contribution is 2.28. The van der Waals surface area contributed by atoms with Crippen molar-refractivity contribution in [3.05, 3.63) is 28.2 Å². The van der Waals surface area contributed by atoms with Gasteiger partial charge in [0.05, 0.1) is 10.0 Å². The van der Waals surface area contributed by atoms with E-state index in [0.717, 1.165) is 0 Å². The molecule has 0 spiro atoms. The minimum atomic E-state index is -3.68. The van der Waals surface area contributed by atoms with Crippen LogP contribution in [0.4, 0.5) is 0 Å². The van der Waals surface area contributed by atoms with Crippen LogP contribution >= 0.6 is 35.6 Å². The number of halogens is 3. The molecule has 1 atom stereocenters. The van der Waals surface area contributed by atoms with Crippen molar-refractivity contribution in [1.29, 1.82) is 0 Å². The summed E-state index contributed by atoms with van der Waals surface area (Å²) in [7, 11) is -1.93. The Morgan fingerprint density at radius 2 is 1.78 bits per heavy atom. The summed E-state index contributed by atoms with van der Waals surface area (Å²) in [5.41, 5.74) is 0. The summed E-state index contributed by atoms with van der Waals surface area (Å²) in [5.74, 6) is 0. The Kier molecular flexibility index (Phi) is 7.51. The molecule has 0 aliphatic rings. The average Bonchev–Trinajstić information content (AvgIpc) is 2.25. The molecule has 0 amide bonds. The fourth-order valence-electron chi connectivity index (χ4n) is 1.15. The van der Waals surface area contributed by atoms with Crippen LogP contribution in [0.2, 0.25) is 10.0 Å². The SMILES string of the molecule is CNC(C)CNS(=O)(=O)c1c(Cl)cccc1Cl.Cl. The van der Waals surface area contributed by atoms with Crippen LogP contribution in [0, 0.1) is 0 Å². The largest absolute Gasteiger partial charge is 0.316 e. The van der Waals surface area contributed by atoms with Crippen molar-refractivity contribution in [2.45, 2.75) is 17.9 Å². The van der Waals surface area contributed by atoms with Gasteiger partial charge in [0, 0.05) is 12.6 Å². The van der Waals surface area contributed by atoms with Crippen molar-refractivity contribution in [3.63, 3.8) is 0 Å². The topological polar surface area (TPSA) is 58.2 Å². The van der Waals surface area contributed by atoms with E-state index in [-0.39, 0.29) is 39.9 Å². The predicted molar refractivity (Wildman–Crippen MR) is 77.4 cm³/mol. The zero-order valence-electron chi connectivity index (χ0n) is 9.91. The molecule has 18 heavy (non-hydrogen) atoms. The maximum atomic E-state index is 12.0. The van der Waals surface area contributed by atoms with Gasteiger partial charge in [-0.3, -0.25) is 0 Å². The number of rotatable bonds is 5. The maximum Gasteiger partial charge on any atom is 0.243 e. The number of nitrogens with one attached hydrogen (secondary N) is 2. The summed E-state index contributed by atoms with van der Waals surface area (Å²) in [5, 5.41) is 3.15. The van der Waals surface area contributed by atoms with Crippen molar-refractivity contribution < 1.29 is 8.42 Å². The first-order valence-electron chi connectivity index (χ1n) is 4.99. The first kappa shape index (κ1) is 18.0. The Morgan fingerprint density at radius 1 is 1.28 bits per heavy atom. The molecule has 0 bridgehead atoms. The van der Waals surface area contributed by atoms with Crippen LogP contribution in [0.25, 0.3) is 0 Å². The minimum absolute atomic E-state index is 0. The number of sulfonamides is 1. The lowest BCUT2D eigenvalue weighted by Gasteiger charge is -2.13. The lowest BCUT2D eigenvalue weighted by atomic mass is 10.4. The van der Waals surface area contributed by atoms with E-state index in [1.807, 2.05) is 6.92 Å². The van der Waals surface area contributed by atoms with E-state index in [1.165, 1.54) is 12.1 Å². The van der Waals surface area contributed by atoms with Crippen LogP contribution in [-0.4, -0.2) is 28.1 Å². The average molecular weight is 334 g/mol. The van der Waals surface area contributed by atoms with E-state index >= 15 is 0 Å². The van der Waals surface area contributed by atoms with Gasteiger partial charge in [-0.2, -0.15) is 0 Å². The Balaban J connectivity index is 0.00000289. The first-order chi connectivity index (χ1) is 7.88. The quantitative estimate of drug-likeness (QED) is 0.869. The fourth-order valence-corrected chi connectivity index (χ4v) is 3.42. The van der Waals surface area contributed by atoms with Gasteiger partial charge in [-0.15, -0.1) is 12.4 Å². The van der Waals surface area contributed by atoms with E-state index in [1.54, 1.807) is 13.1 Å². The molecule has 0 aliphatic carbocycles. The molecule has 1 aromatic rings.